The van der Waals surface area contributed by atoms with E-state index in [4.69, 9.17) is 10.4 Å². The van der Waals surface area contributed by atoms with Gasteiger partial charge in [0.05, 0.1) is 5.71 Å². The lowest BCUT2D eigenvalue weighted by Crippen LogP contribution is -2.16. The van der Waals surface area contributed by atoms with E-state index in [0.717, 1.165) is 38.9 Å². The molecule has 0 bridgehead atoms. The van der Waals surface area contributed by atoms with Crippen LogP contribution in [0.15, 0.2) is 211 Å². The standard InChI is InChI=1S/C57H42N2/c1-57(2)53-29-13-12-25-50(53)52-28-15-27-48(55(52)57)43-21-14-20-42(37-43)47-34-32-39(45-22-8-10-24-49(45)47)33-35-54(59-56(58)40-17-4-3-5-18-40)51-26-11-9-23-46(51)44-31-30-38-16-6-7-19-41(38)36-44/h3-37,58H,1-2H3/b35-33+,58-56?,59-54?. The third kappa shape index (κ3) is 6.49. The van der Waals surface area contributed by atoms with Gasteiger partial charge in [0.2, 0.25) is 0 Å². The van der Waals surface area contributed by atoms with Crippen LogP contribution in [0.25, 0.3) is 72.1 Å². The maximum atomic E-state index is 9.08. The van der Waals surface area contributed by atoms with Crippen molar-refractivity contribution in [3.8, 4) is 44.5 Å². The molecular formula is C57H42N2. The minimum Gasteiger partial charge on any atom is -0.282 e. The molecule has 0 saturated carbocycles. The van der Waals surface area contributed by atoms with Crippen LogP contribution in [-0.2, 0) is 5.41 Å². The van der Waals surface area contributed by atoms with Gasteiger partial charge in [0.15, 0.2) is 5.84 Å². The van der Waals surface area contributed by atoms with Gasteiger partial charge in [-0.05, 0) is 101 Å². The fourth-order valence-corrected chi connectivity index (χ4v) is 9.11. The Labute approximate surface area is 346 Å². The van der Waals surface area contributed by atoms with Gasteiger partial charge in [0, 0.05) is 16.5 Å². The Bertz CT molecular complexity index is 3150. The first-order valence-corrected chi connectivity index (χ1v) is 20.3. The van der Waals surface area contributed by atoms with Crippen LogP contribution in [0.2, 0.25) is 0 Å². The first kappa shape index (κ1) is 36.0. The van der Waals surface area contributed by atoms with Crippen molar-refractivity contribution in [1.29, 1.82) is 5.41 Å². The SMILES string of the molecule is CC1(C)c2ccccc2-c2cccc(-c3cccc(-c4ccc(/C=C/C(=NC(=N)c5ccccc5)c5ccccc5-c5ccc6ccccc6c5)c5ccccc45)c3)c21. The number of hydrogen-bond donors (Lipinski definition) is 1. The van der Waals surface area contributed by atoms with Crippen molar-refractivity contribution in [1.82, 2.24) is 0 Å². The summed E-state index contributed by atoms with van der Waals surface area (Å²) in [4.78, 5) is 5.03. The summed E-state index contributed by atoms with van der Waals surface area (Å²) in [5.41, 5.74) is 16.0. The first-order valence-electron chi connectivity index (χ1n) is 20.3. The molecule has 0 aliphatic heterocycles. The Balaban J connectivity index is 1.06. The van der Waals surface area contributed by atoms with Crippen LogP contribution in [0.5, 0.6) is 0 Å². The number of amidine groups is 1. The first-order chi connectivity index (χ1) is 28.9. The lowest BCUT2D eigenvalue weighted by molar-refractivity contribution is 0.662. The van der Waals surface area contributed by atoms with Gasteiger partial charge < -0.3 is 0 Å². The van der Waals surface area contributed by atoms with E-state index in [2.05, 4.69) is 196 Å². The number of allylic oxidation sites excluding steroid dienone is 1. The molecule has 10 rings (SSSR count). The molecule has 0 atom stereocenters. The smallest absolute Gasteiger partial charge is 0.152 e. The third-order valence-corrected chi connectivity index (χ3v) is 12.0. The average Bonchev–Trinajstić information content (AvgIpc) is 3.53. The zero-order valence-electron chi connectivity index (χ0n) is 33.2. The lowest BCUT2D eigenvalue weighted by Gasteiger charge is -2.24. The van der Waals surface area contributed by atoms with Crippen LogP contribution < -0.4 is 0 Å². The van der Waals surface area contributed by atoms with Gasteiger partial charge in [0.1, 0.15) is 0 Å². The van der Waals surface area contributed by atoms with E-state index < -0.39 is 0 Å². The second kappa shape index (κ2) is 14.8. The van der Waals surface area contributed by atoms with Gasteiger partial charge in [-0.15, -0.1) is 0 Å². The van der Waals surface area contributed by atoms with Gasteiger partial charge in [-0.3, -0.25) is 5.41 Å². The number of hydrogen-bond acceptors (Lipinski definition) is 1. The highest BCUT2D eigenvalue weighted by Gasteiger charge is 2.37. The average molecular weight is 755 g/mol. The second-order valence-corrected chi connectivity index (χ2v) is 15.9. The molecule has 280 valence electrons. The molecule has 2 heteroatoms. The van der Waals surface area contributed by atoms with Crippen LogP contribution in [0, 0.1) is 5.41 Å². The zero-order valence-corrected chi connectivity index (χ0v) is 33.2. The van der Waals surface area contributed by atoms with Crippen molar-refractivity contribution in [3.63, 3.8) is 0 Å². The molecule has 59 heavy (non-hydrogen) atoms. The summed E-state index contributed by atoms with van der Waals surface area (Å²) in [5, 5.41) is 13.8. The van der Waals surface area contributed by atoms with E-state index >= 15 is 0 Å². The Morgan fingerprint density at radius 3 is 1.95 bits per heavy atom. The van der Waals surface area contributed by atoms with Crippen LogP contribution in [-0.4, -0.2) is 11.5 Å². The summed E-state index contributed by atoms with van der Waals surface area (Å²) in [7, 11) is 0. The van der Waals surface area contributed by atoms with E-state index in [1.165, 1.54) is 60.7 Å². The van der Waals surface area contributed by atoms with Crippen molar-refractivity contribution < 1.29 is 0 Å². The molecule has 0 fully saturated rings. The third-order valence-electron chi connectivity index (χ3n) is 12.0. The van der Waals surface area contributed by atoms with Crippen LogP contribution >= 0.6 is 0 Å². The molecule has 9 aromatic rings. The molecule has 0 aromatic heterocycles. The predicted molar refractivity (Wildman–Crippen MR) is 251 cm³/mol. The van der Waals surface area contributed by atoms with E-state index in [-0.39, 0.29) is 11.3 Å². The van der Waals surface area contributed by atoms with Gasteiger partial charge in [-0.25, -0.2) is 4.99 Å². The number of nitrogens with zero attached hydrogens (tertiary/aromatic N) is 1. The number of aliphatic imine (C=N–C) groups is 1. The number of rotatable bonds is 7. The minimum absolute atomic E-state index is 0.100. The number of nitrogens with one attached hydrogen (secondary N) is 1. The van der Waals surface area contributed by atoms with E-state index in [1.54, 1.807) is 0 Å². The maximum Gasteiger partial charge on any atom is 0.152 e. The van der Waals surface area contributed by atoms with Gasteiger partial charge in [-0.1, -0.05) is 208 Å². The molecule has 1 aliphatic rings. The van der Waals surface area contributed by atoms with Crippen molar-refractivity contribution in [2.45, 2.75) is 19.3 Å². The Morgan fingerprint density at radius 2 is 1.10 bits per heavy atom. The van der Waals surface area contributed by atoms with Crippen LogP contribution in [0.3, 0.4) is 0 Å². The molecule has 0 heterocycles. The molecule has 0 radical (unpaired) electrons. The van der Waals surface area contributed by atoms with E-state index in [9.17, 15) is 0 Å². The highest BCUT2D eigenvalue weighted by molar-refractivity contribution is 6.20. The van der Waals surface area contributed by atoms with E-state index in [0.29, 0.717) is 0 Å². The molecule has 0 unspecified atom stereocenters. The Kier molecular flexibility index (Phi) is 9.03. The summed E-state index contributed by atoms with van der Waals surface area (Å²) >= 11 is 0. The molecule has 9 aromatic carbocycles. The topological polar surface area (TPSA) is 36.2 Å². The normalized spacial score (nSPS) is 13.2. The minimum atomic E-state index is -0.100. The number of benzene rings is 9. The molecular weight excluding hydrogens is 713 g/mol. The highest BCUT2D eigenvalue weighted by atomic mass is 14.8. The Morgan fingerprint density at radius 1 is 0.475 bits per heavy atom. The largest absolute Gasteiger partial charge is 0.282 e. The molecule has 1 aliphatic carbocycles. The van der Waals surface area contributed by atoms with Crippen molar-refractivity contribution >= 4 is 39.2 Å². The molecule has 0 saturated heterocycles. The summed E-state index contributed by atoms with van der Waals surface area (Å²) in [5.74, 6) is 0.218. The summed E-state index contributed by atoms with van der Waals surface area (Å²) in [6, 6.07) is 71.0. The quantitative estimate of drug-likeness (QED) is 0.124. The van der Waals surface area contributed by atoms with Gasteiger partial charge in [0.25, 0.3) is 0 Å². The molecule has 0 spiro atoms. The molecule has 0 amide bonds. The predicted octanol–water partition coefficient (Wildman–Crippen LogP) is 14.8. The highest BCUT2D eigenvalue weighted by Crippen LogP contribution is 2.52. The maximum absolute atomic E-state index is 9.08. The number of fused-ring (bicyclic) bond motifs is 5. The van der Waals surface area contributed by atoms with Crippen LogP contribution in [0.4, 0.5) is 0 Å². The molecule has 1 N–H and O–H groups in total. The second-order valence-electron chi connectivity index (χ2n) is 15.9. The van der Waals surface area contributed by atoms with Crippen molar-refractivity contribution in [2.75, 3.05) is 0 Å². The monoisotopic (exact) mass is 754 g/mol. The fourth-order valence-electron chi connectivity index (χ4n) is 9.11. The summed E-state index contributed by atoms with van der Waals surface area (Å²) in [6.45, 7) is 4.71. The van der Waals surface area contributed by atoms with Crippen LogP contribution in [0.1, 0.15) is 41.7 Å². The van der Waals surface area contributed by atoms with Gasteiger partial charge in [-0.2, -0.15) is 0 Å². The molecule has 2 nitrogen and oxygen atoms in total. The van der Waals surface area contributed by atoms with Crippen molar-refractivity contribution in [2.24, 2.45) is 4.99 Å². The van der Waals surface area contributed by atoms with Crippen molar-refractivity contribution in [3.05, 3.63) is 234 Å². The summed E-state index contributed by atoms with van der Waals surface area (Å²) in [6.07, 6.45) is 4.24. The van der Waals surface area contributed by atoms with Gasteiger partial charge >= 0.3 is 0 Å². The summed E-state index contributed by atoms with van der Waals surface area (Å²) < 4.78 is 0. The Hall–Kier alpha value is -7.42. The van der Waals surface area contributed by atoms with E-state index in [1.807, 2.05) is 30.3 Å². The zero-order chi connectivity index (χ0) is 39.9. The lowest BCUT2D eigenvalue weighted by atomic mass is 9.78. The fraction of sp³-hybridized carbons (Fsp3) is 0.0526.